The number of Topliss-reactive ketones (excluding diaryl/α,β-unsaturated/α-hetero) is 1. The molecule has 0 radical (unpaired) electrons. The second-order valence-corrected chi connectivity index (χ2v) is 7.56. The molecule has 2 aromatic carbocycles. The second kappa shape index (κ2) is 7.78. The Morgan fingerprint density at radius 2 is 1.68 bits per heavy atom. The molecular weight excluding hydrogens is 395 g/mol. The summed E-state index contributed by atoms with van der Waals surface area (Å²) in [6.07, 6.45) is 2.03. The van der Waals surface area contributed by atoms with Crippen molar-refractivity contribution in [3.8, 4) is 0 Å². The minimum atomic E-state index is 0.0556. The maximum atomic E-state index is 12.5. The molecule has 0 atom stereocenters. The van der Waals surface area contributed by atoms with Gasteiger partial charge in [0.25, 0.3) is 0 Å². The molecule has 1 heterocycles. The molecule has 0 aliphatic heterocycles. The van der Waals surface area contributed by atoms with E-state index in [9.17, 15) is 4.79 Å². The van der Waals surface area contributed by atoms with Gasteiger partial charge in [-0.25, -0.2) is 4.98 Å². The molecule has 0 fully saturated rings. The summed E-state index contributed by atoms with van der Waals surface area (Å²) >= 11 is 12.2. The maximum absolute atomic E-state index is 12.5. The van der Waals surface area contributed by atoms with Crippen LogP contribution in [0.1, 0.15) is 34.5 Å². The van der Waals surface area contributed by atoms with Gasteiger partial charge in [-0.3, -0.25) is 4.79 Å². The summed E-state index contributed by atoms with van der Waals surface area (Å²) in [5.41, 5.74) is 3.88. The minimum Gasteiger partial charge on any atom is -0.339 e. The zero-order valence-electron chi connectivity index (χ0n) is 15.2. The number of nitrogens with zero attached hydrogens (tertiary/aromatic N) is 2. The van der Waals surface area contributed by atoms with E-state index in [4.69, 9.17) is 23.2 Å². The average molecular weight is 413 g/mol. The first-order valence-corrected chi connectivity index (χ1v) is 9.75. The Balaban J connectivity index is 1.73. The Morgan fingerprint density at radius 1 is 0.929 bits per heavy atom. The van der Waals surface area contributed by atoms with Crippen LogP contribution in [0.25, 0.3) is 0 Å². The topological polar surface area (TPSA) is 66.9 Å². The summed E-state index contributed by atoms with van der Waals surface area (Å²) in [5.74, 6) is 0.975. The molecule has 1 aromatic heterocycles. The Labute approximate surface area is 173 Å². The minimum absolute atomic E-state index is 0.0556. The first-order chi connectivity index (χ1) is 13.5. The highest BCUT2D eigenvalue weighted by atomic mass is 35.5. The molecule has 7 heteroatoms. The van der Waals surface area contributed by atoms with Gasteiger partial charge < -0.3 is 10.6 Å². The fourth-order valence-electron chi connectivity index (χ4n) is 3.14. The number of carbonyl (C=O) groups excluding carboxylic acids is 1. The van der Waals surface area contributed by atoms with E-state index in [1.165, 1.54) is 0 Å². The zero-order chi connectivity index (χ0) is 19.7. The maximum Gasteiger partial charge on any atom is 0.229 e. The highest BCUT2D eigenvalue weighted by Gasteiger charge is 2.24. The first kappa shape index (κ1) is 18.7. The standard InChI is InChI=1S/C21H18Cl2N4O/c1-12-5-8-15(11-16(12)23)24-20-19-17(3-2-4-18(19)28)26-21(27-20)25-14-9-6-13(22)7-10-14/h5-11H,2-4H2,1H3,(H2,24,25,26,27). The highest BCUT2D eigenvalue weighted by Crippen LogP contribution is 2.31. The Hall–Kier alpha value is -2.63. The number of fused-ring (bicyclic) bond motifs is 1. The van der Waals surface area contributed by atoms with Gasteiger partial charge in [-0.15, -0.1) is 0 Å². The second-order valence-electron chi connectivity index (χ2n) is 6.72. The van der Waals surface area contributed by atoms with E-state index >= 15 is 0 Å². The number of aromatic nitrogens is 2. The molecule has 0 saturated heterocycles. The van der Waals surface area contributed by atoms with Gasteiger partial charge in [-0.1, -0.05) is 29.3 Å². The molecule has 142 valence electrons. The third kappa shape index (κ3) is 3.96. The molecule has 28 heavy (non-hydrogen) atoms. The Morgan fingerprint density at radius 3 is 2.43 bits per heavy atom. The van der Waals surface area contributed by atoms with Crippen LogP contribution in [-0.2, 0) is 6.42 Å². The van der Waals surface area contributed by atoms with E-state index < -0.39 is 0 Å². The molecule has 0 amide bonds. The number of anilines is 4. The van der Waals surface area contributed by atoms with Crippen LogP contribution in [0, 0.1) is 6.92 Å². The van der Waals surface area contributed by atoms with Crippen LogP contribution in [0.5, 0.6) is 0 Å². The quantitative estimate of drug-likeness (QED) is 0.541. The molecule has 0 unspecified atom stereocenters. The van der Waals surface area contributed by atoms with E-state index in [0.717, 1.165) is 35.5 Å². The number of hydrogen-bond acceptors (Lipinski definition) is 5. The number of benzene rings is 2. The summed E-state index contributed by atoms with van der Waals surface area (Å²) in [4.78, 5) is 21.7. The van der Waals surface area contributed by atoms with Gasteiger partial charge in [-0.05, 0) is 61.7 Å². The van der Waals surface area contributed by atoms with Crippen molar-refractivity contribution in [3.05, 3.63) is 69.3 Å². The summed E-state index contributed by atoms with van der Waals surface area (Å²) in [6, 6.07) is 12.9. The van der Waals surface area contributed by atoms with Crippen molar-refractivity contribution < 1.29 is 4.79 Å². The van der Waals surface area contributed by atoms with E-state index in [0.29, 0.717) is 33.8 Å². The normalized spacial score (nSPS) is 13.2. The lowest BCUT2D eigenvalue weighted by Crippen LogP contribution is -2.17. The highest BCUT2D eigenvalue weighted by molar-refractivity contribution is 6.31. The third-order valence-electron chi connectivity index (χ3n) is 4.62. The van der Waals surface area contributed by atoms with E-state index in [1.807, 2.05) is 37.3 Å². The van der Waals surface area contributed by atoms with Gasteiger partial charge in [0.15, 0.2) is 5.78 Å². The number of rotatable bonds is 4. The molecule has 2 N–H and O–H groups in total. The van der Waals surface area contributed by atoms with Crippen LogP contribution in [0.4, 0.5) is 23.1 Å². The largest absolute Gasteiger partial charge is 0.339 e. The molecule has 3 aromatic rings. The Bertz CT molecular complexity index is 1050. The van der Waals surface area contributed by atoms with Gasteiger partial charge in [0.2, 0.25) is 5.95 Å². The van der Waals surface area contributed by atoms with Crippen molar-refractivity contribution in [2.24, 2.45) is 0 Å². The van der Waals surface area contributed by atoms with Gasteiger partial charge in [0, 0.05) is 27.8 Å². The van der Waals surface area contributed by atoms with E-state index in [2.05, 4.69) is 20.6 Å². The fraction of sp³-hybridized carbons (Fsp3) is 0.190. The van der Waals surface area contributed by atoms with Gasteiger partial charge in [0.05, 0.1) is 11.3 Å². The van der Waals surface area contributed by atoms with Crippen LogP contribution in [0.3, 0.4) is 0 Å². The summed E-state index contributed by atoms with van der Waals surface area (Å²) in [7, 11) is 0. The number of ketones is 1. The first-order valence-electron chi connectivity index (χ1n) is 8.99. The molecule has 0 spiro atoms. The van der Waals surface area contributed by atoms with Gasteiger partial charge in [-0.2, -0.15) is 4.98 Å². The van der Waals surface area contributed by atoms with Crippen LogP contribution < -0.4 is 10.6 Å². The monoisotopic (exact) mass is 412 g/mol. The van der Waals surface area contributed by atoms with Crippen LogP contribution >= 0.6 is 23.2 Å². The smallest absolute Gasteiger partial charge is 0.229 e. The van der Waals surface area contributed by atoms with Crippen molar-refractivity contribution >= 4 is 52.1 Å². The van der Waals surface area contributed by atoms with Crippen molar-refractivity contribution in [2.75, 3.05) is 10.6 Å². The summed E-state index contributed by atoms with van der Waals surface area (Å²) in [5, 5.41) is 7.74. The molecule has 0 bridgehead atoms. The average Bonchev–Trinajstić information content (AvgIpc) is 2.66. The van der Waals surface area contributed by atoms with Crippen LogP contribution in [0.15, 0.2) is 42.5 Å². The number of halogens is 2. The predicted molar refractivity (Wildman–Crippen MR) is 114 cm³/mol. The molecular formula is C21H18Cl2N4O. The number of carbonyl (C=O) groups is 1. The van der Waals surface area contributed by atoms with Crippen molar-refractivity contribution in [1.82, 2.24) is 9.97 Å². The molecule has 1 aliphatic rings. The van der Waals surface area contributed by atoms with Crippen LogP contribution in [0.2, 0.25) is 10.0 Å². The predicted octanol–water partition coefficient (Wildman–Crippen LogP) is 6.10. The lowest BCUT2D eigenvalue weighted by Gasteiger charge is -2.19. The van der Waals surface area contributed by atoms with Gasteiger partial charge in [0.1, 0.15) is 5.82 Å². The Kier molecular flexibility index (Phi) is 5.20. The molecule has 1 aliphatic carbocycles. The van der Waals surface area contributed by atoms with Crippen LogP contribution in [-0.4, -0.2) is 15.8 Å². The number of nitrogens with one attached hydrogen (secondary N) is 2. The van der Waals surface area contributed by atoms with Crippen molar-refractivity contribution in [3.63, 3.8) is 0 Å². The van der Waals surface area contributed by atoms with E-state index in [-0.39, 0.29) is 5.78 Å². The van der Waals surface area contributed by atoms with Crippen molar-refractivity contribution in [1.29, 1.82) is 0 Å². The van der Waals surface area contributed by atoms with Gasteiger partial charge >= 0.3 is 0 Å². The lowest BCUT2D eigenvalue weighted by molar-refractivity contribution is 0.0972. The summed E-state index contributed by atoms with van der Waals surface area (Å²) in [6.45, 7) is 1.94. The fourth-order valence-corrected chi connectivity index (χ4v) is 3.45. The van der Waals surface area contributed by atoms with E-state index in [1.54, 1.807) is 12.1 Å². The van der Waals surface area contributed by atoms with Crippen molar-refractivity contribution in [2.45, 2.75) is 26.2 Å². The number of aryl methyl sites for hydroxylation is 2. The summed E-state index contributed by atoms with van der Waals surface area (Å²) < 4.78 is 0. The zero-order valence-corrected chi connectivity index (χ0v) is 16.7. The number of hydrogen-bond donors (Lipinski definition) is 2. The SMILES string of the molecule is Cc1ccc(Nc2nc(Nc3ccc(Cl)cc3)nc3c2C(=O)CCC3)cc1Cl. The lowest BCUT2D eigenvalue weighted by atomic mass is 9.95. The molecule has 4 rings (SSSR count). The molecule has 5 nitrogen and oxygen atoms in total. The third-order valence-corrected chi connectivity index (χ3v) is 5.27. The molecule has 0 saturated carbocycles.